The maximum absolute atomic E-state index is 5.00. The number of nitrogens with one attached hydrogen (secondary N) is 2. The molecule has 0 atom stereocenters. The van der Waals surface area contributed by atoms with Crippen molar-refractivity contribution >= 4 is 17.6 Å². The molecular weight excluding hydrogens is 242 g/mol. The number of aromatic nitrogens is 3. The molecule has 1 fully saturated rings. The van der Waals surface area contributed by atoms with Gasteiger partial charge < -0.3 is 15.2 Å². The quantitative estimate of drug-likeness (QED) is 0.879. The van der Waals surface area contributed by atoms with Gasteiger partial charge in [-0.25, -0.2) is 4.98 Å². The zero-order chi connectivity index (χ0) is 13.1. The number of rotatable bonds is 4. The largest absolute Gasteiger partial charge is 0.360 e. The van der Waals surface area contributed by atoms with E-state index in [4.69, 9.17) is 4.52 Å². The van der Waals surface area contributed by atoms with Crippen LogP contribution in [0.2, 0.25) is 0 Å². The molecular formula is C13H17N5O. The highest BCUT2D eigenvalue weighted by Crippen LogP contribution is 2.21. The van der Waals surface area contributed by atoms with Crippen molar-refractivity contribution in [3.63, 3.8) is 0 Å². The Bertz CT molecular complexity index is 547. The van der Waals surface area contributed by atoms with Crippen LogP contribution in [0.15, 0.2) is 22.9 Å². The van der Waals surface area contributed by atoms with Gasteiger partial charge in [0.2, 0.25) is 5.95 Å². The molecule has 0 saturated heterocycles. The van der Waals surface area contributed by atoms with Gasteiger partial charge in [-0.15, -0.1) is 0 Å². The van der Waals surface area contributed by atoms with Crippen LogP contribution in [0, 0.1) is 6.92 Å². The van der Waals surface area contributed by atoms with Crippen LogP contribution in [0.3, 0.4) is 0 Å². The fourth-order valence-corrected chi connectivity index (χ4v) is 2.31. The average molecular weight is 259 g/mol. The van der Waals surface area contributed by atoms with E-state index in [-0.39, 0.29) is 0 Å². The minimum absolute atomic E-state index is 0.504. The summed E-state index contributed by atoms with van der Waals surface area (Å²) in [6, 6.07) is 4.14. The van der Waals surface area contributed by atoms with Gasteiger partial charge >= 0.3 is 0 Å². The lowest BCUT2D eigenvalue weighted by Crippen LogP contribution is -2.16. The highest BCUT2D eigenvalue weighted by atomic mass is 16.5. The summed E-state index contributed by atoms with van der Waals surface area (Å²) >= 11 is 0. The van der Waals surface area contributed by atoms with Gasteiger partial charge in [0.15, 0.2) is 5.82 Å². The molecule has 0 aromatic carbocycles. The third kappa shape index (κ3) is 3.01. The van der Waals surface area contributed by atoms with Gasteiger partial charge in [-0.3, -0.25) is 0 Å². The van der Waals surface area contributed by atoms with E-state index in [9.17, 15) is 0 Å². The first-order valence-electron chi connectivity index (χ1n) is 6.59. The molecule has 2 aromatic rings. The van der Waals surface area contributed by atoms with Crippen LogP contribution in [-0.2, 0) is 0 Å². The molecule has 0 aliphatic heterocycles. The van der Waals surface area contributed by atoms with Crippen LogP contribution in [0.25, 0.3) is 0 Å². The molecule has 1 aliphatic rings. The molecule has 1 aliphatic carbocycles. The molecule has 19 heavy (non-hydrogen) atoms. The first-order valence-corrected chi connectivity index (χ1v) is 6.59. The van der Waals surface area contributed by atoms with E-state index in [1.54, 1.807) is 6.20 Å². The number of hydrogen-bond acceptors (Lipinski definition) is 6. The summed E-state index contributed by atoms with van der Waals surface area (Å²) in [6.45, 7) is 1.85. The predicted octanol–water partition coefficient (Wildman–Crippen LogP) is 2.87. The maximum atomic E-state index is 5.00. The normalized spacial score (nSPS) is 15.6. The molecule has 100 valence electrons. The molecule has 6 nitrogen and oxygen atoms in total. The van der Waals surface area contributed by atoms with E-state index in [1.165, 1.54) is 25.7 Å². The smallest absolute Gasteiger partial charge is 0.224 e. The van der Waals surface area contributed by atoms with Crippen molar-refractivity contribution in [2.75, 3.05) is 10.6 Å². The van der Waals surface area contributed by atoms with Crippen molar-refractivity contribution in [3.05, 3.63) is 24.1 Å². The second-order valence-electron chi connectivity index (χ2n) is 4.84. The maximum Gasteiger partial charge on any atom is 0.224 e. The summed E-state index contributed by atoms with van der Waals surface area (Å²) in [4.78, 5) is 8.67. The van der Waals surface area contributed by atoms with Gasteiger partial charge in [0.1, 0.15) is 11.6 Å². The van der Waals surface area contributed by atoms with Crippen molar-refractivity contribution in [3.8, 4) is 0 Å². The fraction of sp³-hybridized carbons (Fsp3) is 0.462. The zero-order valence-corrected chi connectivity index (χ0v) is 10.9. The highest BCUT2D eigenvalue weighted by molar-refractivity contribution is 5.52. The van der Waals surface area contributed by atoms with Crippen LogP contribution in [-0.4, -0.2) is 21.2 Å². The average Bonchev–Trinajstić information content (AvgIpc) is 3.02. The van der Waals surface area contributed by atoms with Crippen molar-refractivity contribution < 1.29 is 4.52 Å². The molecule has 0 bridgehead atoms. The Morgan fingerprint density at radius 3 is 2.84 bits per heavy atom. The van der Waals surface area contributed by atoms with Crippen molar-refractivity contribution in [1.29, 1.82) is 0 Å². The summed E-state index contributed by atoms with van der Waals surface area (Å²) in [7, 11) is 0. The lowest BCUT2D eigenvalue weighted by Gasteiger charge is -2.12. The van der Waals surface area contributed by atoms with Crippen LogP contribution in [0.1, 0.15) is 31.4 Å². The summed E-state index contributed by atoms with van der Waals surface area (Å²) in [6.07, 6.45) is 6.70. The topological polar surface area (TPSA) is 75.9 Å². The van der Waals surface area contributed by atoms with Gasteiger partial charge in [-0.2, -0.15) is 4.98 Å². The summed E-state index contributed by atoms with van der Waals surface area (Å²) in [5.74, 6) is 2.80. The molecule has 3 rings (SSSR count). The van der Waals surface area contributed by atoms with Crippen molar-refractivity contribution in [1.82, 2.24) is 15.1 Å². The molecule has 2 aromatic heterocycles. The van der Waals surface area contributed by atoms with Gasteiger partial charge in [0.25, 0.3) is 0 Å². The zero-order valence-electron chi connectivity index (χ0n) is 10.9. The van der Waals surface area contributed by atoms with Crippen LogP contribution in [0.4, 0.5) is 17.6 Å². The third-order valence-corrected chi connectivity index (χ3v) is 3.23. The van der Waals surface area contributed by atoms with Gasteiger partial charge in [-0.1, -0.05) is 18.0 Å². The van der Waals surface area contributed by atoms with Gasteiger partial charge in [-0.05, 0) is 25.8 Å². The van der Waals surface area contributed by atoms with Crippen molar-refractivity contribution in [2.24, 2.45) is 0 Å². The Labute approximate surface area is 111 Å². The molecule has 6 heteroatoms. The molecule has 0 unspecified atom stereocenters. The number of aryl methyl sites for hydroxylation is 1. The van der Waals surface area contributed by atoms with E-state index in [1.807, 2.05) is 19.1 Å². The Morgan fingerprint density at radius 1 is 1.26 bits per heavy atom. The standard InChI is InChI=1S/C13H17N5O/c1-9-8-12(18-19-9)16-11-6-7-14-13(17-11)15-10-4-2-3-5-10/h6-8,10H,2-5H2,1H3,(H2,14,15,16,17,18). The van der Waals surface area contributed by atoms with E-state index in [2.05, 4.69) is 25.8 Å². The molecule has 2 N–H and O–H groups in total. The Hall–Kier alpha value is -2.11. The Morgan fingerprint density at radius 2 is 2.11 bits per heavy atom. The van der Waals surface area contributed by atoms with E-state index in [0.717, 1.165) is 5.76 Å². The monoisotopic (exact) mass is 259 g/mol. The molecule has 2 heterocycles. The second kappa shape index (κ2) is 5.26. The van der Waals surface area contributed by atoms with Crippen molar-refractivity contribution in [2.45, 2.75) is 38.6 Å². The lowest BCUT2D eigenvalue weighted by molar-refractivity contribution is 0.400. The van der Waals surface area contributed by atoms with Crippen LogP contribution >= 0.6 is 0 Å². The summed E-state index contributed by atoms with van der Waals surface area (Å²) < 4.78 is 5.00. The van der Waals surface area contributed by atoms with E-state index >= 15 is 0 Å². The van der Waals surface area contributed by atoms with E-state index < -0.39 is 0 Å². The third-order valence-electron chi connectivity index (χ3n) is 3.23. The number of nitrogens with zero attached hydrogens (tertiary/aromatic N) is 3. The molecule has 0 amide bonds. The molecule has 0 spiro atoms. The summed E-state index contributed by atoms with van der Waals surface area (Å²) in [5.41, 5.74) is 0. The Balaban J connectivity index is 1.68. The predicted molar refractivity (Wildman–Crippen MR) is 72.4 cm³/mol. The molecule has 1 saturated carbocycles. The SMILES string of the molecule is Cc1cc(Nc2ccnc(NC3CCCC3)n2)no1. The van der Waals surface area contributed by atoms with Gasteiger partial charge in [0.05, 0.1) is 0 Å². The number of anilines is 3. The first kappa shape index (κ1) is 12.0. The van der Waals surface area contributed by atoms with E-state index in [0.29, 0.717) is 23.6 Å². The second-order valence-corrected chi connectivity index (χ2v) is 4.84. The molecule has 0 radical (unpaired) electrons. The minimum Gasteiger partial charge on any atom is -0.360 e. The Kier molecular flexibility index (Phi) is 3.31. The van der Waals surface area contributed by atoms with Crippen LogP contribution in [0.5, 0.6) is 0 Å². The minimum atomic E-state index is 0.504. The van der Waals surface area contributed by atoms with Gasteiger partial charge in [0, 0.05) is 18.3 Å². The fourth-order valence-electron chi connectivity index (χ4n) is 2.31. The lowest BCUT2D eigenvalue weighted by atomic mass is 10.2. The van der Waals surface area contributed by atoms with Crippen LogP contribution < -0.4 is 10.6 Å². The highest BCUT2D eigenvalue weighted by Gasteiger charge is 2.15. The number of hydrogen-bond donors (Lipinski definition) is 2. The summed E-state index contributed by atoms with van der Waals surface area (Å²) in [5, 5.41) is 10.3. The first-order chi connectivity index (χ1) is 9.29.